The maximum atomic E-state index is 5.77. The van der Waals surface area contributed by atoms with Crippen LogP contribution in [-0.2, 0) is 44.6 Å². The van der Waals surface area contributed by atoms with Gasteiger partial charge in [-0.3, -0.25) is 0 Å². The normalized spacial score (nSPS) is 20.7. The maximum absolute atomic E-state index is 5.77. The number of fused-ring (bicyclic) bond motifs is 9. The van der Waals surface area contributed by atoms with Crippen LogP contribution in [0.1, 0.15) is 35.1 Å². The van der Waals surface area contributed by atoms with Gasteiger partial charge < -0.3 is 18.9 Å². The molecule has 2 aromatic heterocycles. The van der Waals surface area contributed by atoms with Crippen LogP contribution in [0.15, 0.2) is 22.2 Å². The van der Waals surface area contributed by atoms with E-state index < -0.39 is 0 Å². The molecule has 0 saturated carbocycles. The lowest BCUT2D eigenvalue weighted by Gasteiger charge is -2.14. The van der Waals surface area contributed by atoms with Crippen LogP contribution in [0, 0.1) is 0 Å². The smallest absolute Gasteiger partial charge is 0.100 e. The molecule has 2 aromatic rings. The zero-order valence-corrected chi connectivity index (χ0v) is 21.4. The molecule has 34 heavy (non-hydrogen) atoms. The van der Waals surface area contributed by atoms with Gasteiger partial charge >= 0.3 is 0 Å². The van der Waals surface area contributed by atoms with Crippen molar-refractivity contribution >= 4 is 23.5 Å². The number of hydrogen-bond acceptors (Lipinski definition) is 8. The summed E-state index contributed by atoms with van der Waals surface area (Å²) in [7, 11) is 0. The highest BCUT2D eigenvalue weighted by Crippen LogP contribution is 2.37. The minimum Gasteiger partial charge on any atom is -0.378 e. The van der Waals surface area contributed by atoms with E-state index >= 15 is 0 Å². The Morgan fingerprint density at radius 3 is 1.38 bits per heavy atom. The SMILES string of the molecule is c1c2nc(c3c1CCC3)SCCOCCOCCOCCOCCSc1nc-2cc2c1CCC2. The molecule has 184 valence electrons. The molecule has 0 N–H and O–H groups in total. The predicted molar refractivity (Wildman–Crippen MR) is 136 cm³/mol. The Bertz CT molecular complexity index is 895. The third kappa shape index (κ3) is 6.33. The van der Waals surface area contributed by atoms with Gasteiger partial charge in [0.15, 0.2) is 0 Å². The van der Waals surface area contributed by atoms with Crippen molar-refractivity contribution in [2.45, 2.75) is 48.6 Å². The van der Waals surface area contributed by atoms with Crippen molar-refractivity contribution in [3.05, 3.63) is 34.4 Å². The third-order valence-electron chi connectivity index (χ3n) is 6.41. The summed E-state index contributed by atoms with van der Waals surface area (Å²) in [5.41, 5.74) is 7.79. The standard InChI is InChI=1S/C26H34N2O4S2/c1-3-19-17-23-24-18-20-4-2-6-22(20)26(28-24)34-16-14-32-12-10-30-8-7-29-9-11-31-13-15-33-25(27-23)21(19)5-1/h17-18H,1-16H2. The molecular weight excluding hydrogens is 468 g/mol. The van der Waals surface area contributed by atoms with Crippen molar-refractivity contribution < 1.29 is 18.9 Å². The van der Waals surface area contributed by atoms with E-state index in [0.717, 1.165) is 58.6 Å². The summed E-state index contributed by atoms with van der Waals surface area (Å²) in [5, 5.41) is 2.32. The van der Waals surface area contributed by atoms with Gasteiger partial charge in [0.2, 0.25) is 0 Å². The van der Waals surface area contributed by atoms with Crippen LogP contribution in [0.2, 0.25) is 0 Å². The summed E-state index contributed by atoms with van der Waals surface area (Å²) in [6.07, 6.45) is 6.95. The molecule has 0 fully saturated rings. The summed E-state index contributed by atoms with van der Waals surface area (Å²) in [6.45, 7) is 4.96. The molecule has 6 nitrogen and oxygen atoms in total. The summed E-state index contributed by atoms with van der Waals surface area (Å²) in [5.74, 6) is 1.79. The first-order valence-corrected chi connectivity index (χ1v) is 14.5. The Hall–Kier alpha value is -1.16. The largest absolute Gasteiger partial charge is 0.378 e. The Balaban J connectivity index is 1.37. The molecule has 0 saturated heterocycles. The highest BCUT2D eigenvalue weighted by Gasteiger charge is 2.22. The van der Waals surface area contributed by atoms with Gasteiger partial charge in [-0.2, -0.15) is 0 Å². The fourth-order valence-electron chi connectivity index (χ4n) is 4.75. The van der Waals surface area contributed by atoms with Crippen LogP contribution >= 0.6 is 23.5 Å². The molecule has 3 aliphatic rings. The van der Waals surface area contributed by atoms with Crippen molar-refractivity contribution in [1.29, 1.82) is 0 Å². The van der Waals surface area contributed by atoms with E-state index in [4.69, 9.17) is 28.9 Å². The average molecular weight is 503 g/mol. The quantitative estimate of drug-likeness (QED) is 0.526. The molecule has 0 radical (unpaired) electrons. The Morgan fingerprint density at radius 2 is 0.941 bits per heavy atom. The second-order valence-electron chi connectivity index (χ2n) is 8.75. The Kier molecular flexibility index (Phi) is 9.16. The van der Waals surface area contributed by atoms with E-state index in [0.29, 0.717) is 52.9 Å². The maximum Gasteiger partial charge on any atom is 0.100 e. The summed E-state index contributed by atoms with van der Waals surface area (Å²) in [4.78, 5) is 10.3. The monoisotopic (exact) mass is 502 g/mol. The molecular formula is C26H34N2O4S2. The minimum atomic E-state index is 0.587. The van der Waals surface area contributed by atoms with Crippen molar-refractivity contribution in [2.24, 2.45) is 0 Å². The molecule has 3 heterocycles. The van der Waals surface area contributed by atoms with Gasteiger partial charge in [-0.25, -0.2) is 9.97 Å². The number of pyridine rings is 2. The van der Waals surface area contributed by atoms with Crippen LogP contribution in [0.25, 0.3) is 11.4 Å². The number of rotatable bonds is 0. The number of nitrogens with zero attached hydrogens (tertiary/aromatic N) is 2. The predicted octanol–water partition coefficient (Wildman–Crippen LogP) is 4.39. The zero-order chi connectivity index (χ0) is 23.0. The lowest BCUT2D eigenvalue weighted by molar-refractivity contribution is 0.00146. The molecule has 1 aliphatic heterocycles. The van der Waals surface area contributed by atoms with E-state index in [9.17, 15) is 0 Å². The lowest BCUT2D eigenvalue weighted by Crippen LogP contribution is -2.13. The van der Waals surface area contributed by atoms with Gasteiger partial charge in [-0.15, -0.1) is 23.5 Å². The highest BCUT2D eigenvalue weighted by molar-refractivity contribution is 7.99. The third-order valence-corrected chi connectivity index (χ3v) is 8.38. The Morgan fingerprint density at radius 1 is 0.529 bits per heavy atom. The second-order valence-corrected chi connectivity index (χ2v) is 10.9. The van der Waals surface area contributed by atoms with Crippen LogP contribution in [0.4, 0.5) is 0 Å². The fraction of sp³-hybridized carbons (Fsp3) is 0.615. The van der Waals surface area contributed by atoms with E-state index in [1.165, 1.54) is 35.1 Å². The van der Waals surface area contributed by atoms with Gasteiger partial charge in [-0.05, 0) is 72.9 Å². The van der Waals surface area contributed by atoms with E-state index in [1.54, 1.807) is 0 Å². The van der Waals surface area contributed by atoms with Crippen LogP contribution in [0.5, 0.6) is 0 Å². The molecule has 0 amide bonds. The molecule has 0 unspecified atom stereocenters. The number of thioether (sulfide) groups is 2. The molecule has 0 aromatic carbocycles. The molecule has 2 aliphatic carbocycles. The fourth-order valence-corrected chi connectivity index (χ4v) is 6.68. The first-order chi connectivity index (χ1) is 16.9. The molecule has 8 heteroatoms. The average Bonchev–Trinajstić information content (AvgIpc) is 3.52. The summed E-state index contributed by atoms with van der Waals surface area (Å²) < 4.78 is 22.7. The topological polar surface area (TPSA) is 62.7 Å². The second kappa shape index (κ2) is 12.7. The van der Waals surface area contributed by atoms with Crippen molar-refractivity contribution in [2.75, 3.05) is 64.4 Å². The van der Waals surface area contributed by atoms with Crippen LogP contribution < -0.4 is 0 Å². The molecule has 0 atom stereocenters. The first kappa shape index (κ1) is 24.5. The van der Waals surface area contributed by atoms with E-state index in [-0.39, 0.29) is 0 Å². The van der Waals surface area contributed by atoms with Crippen molar-refractivity contribution in [3.8, 4) is 11.4 Å². The van der Waals surface area contributed by atoms with E-state index in [2.05, 4.69) is 12.1 Å². The summed E-state index contributed by atoms with van der Waals surface area (Å²) >= 11 is 3.63. The molecule has 5 rings (SSSR count). The highest BCUT2D eigenvalue weighted by atomic mass is 32.2. The lowest BCUT2D eigenvalue weighted by atomic mass is 10.1. The van der Waals surface area contributed by atoms with Crippen molar-refractivity contribution in [3.63, 3.8) is 0 Å². The van der Waals surface area contributed by atoms with Crippen LogP contribution in [0.3, 0.4) is 0 Å². The van der Waals surface area contributed by atoms with Gasteiger partial charge in [0.25, 0.3) is 0 Å². The summed E-state index contributed by atoms with van der Waals surface area (Å²) in [6, 6.07) is 4.58. The number of aryl methyl sites for hydroxylation is 2. The van der Waals surface area contributed by atoms with Gasteiger partial charge in [0.1, 0.15) is 10.1 Å². The number of ether oxygens (including phenoxy) is 4. The van der Waals surface area contributed by atoms with Crippen LogP contribution in [-0.4, -0.2) is 74.3 Å². The molecule has 4 bridgehead atoms. The first-order valence-electron chi connectivity index (χ1n) is 12.5. The number of aromatic nitrogens is 2. The van der Waals surface area contributed by atoms with E-state index in [1.807, 2.05) is 23.5 Å². The molecule has 0 spiro atoms. The zero-order valence-electron chi connectivity index (χ0n) is 19.8. The Labute approximate surface area is 210 Å². The minimum absolute atomic E-state index is 0.587. The number of hydrogen-bond donors (Lipinski definition) is 0. The van der Waals surface area contributed by atoms with Gasteiger partial charge in [0, 0.05) is 11.5 Å². The van der Waals surface area contributed by atoms with Crippen molar-refractivity contribution in [1.82, 2.24) is 9.97 Å². The van der Waals surface area contributed by atoms with Gasteiger partial charge in [0.05, 0.1) is 64.2 Å². The van der Waals surface area contributed by atoms with Gasteiger partial charge in [-0.1, -0.05) is 0 Å².